The average Bonchev–Trinajstić information content (AvgIpc) is 2.62. The van der Waals surface area contributed by atoms with E-state index in [1.165, 1.54) is 12.1 Å². The summed E-state index contributed by atoms with van der Waals surface area (Å²) in [4.78, 5) is 11.9. The van der Waals surface area contributed by atoms with Crippen LogP contribution in [0.3, 0.4) is 0 Å². The number of benzene rings is 2. The molecule has 2 aromatic rings. The molecule has 6 nitrogen and oxygen atoms in total. The third-order valence-electron chi connectivity index (χ3n) is 3.65. The number of urea groups is 1. The molecule has 1 aliphatic rings. The minimum absolute atomic E-state index is 0.105. The highest BCUT2D eigenvalue weighted by Crippen LogP contribution is 2.32. The maximum atomic E-state index is 12.1. The molecule has 0 bridgehead atoms. The van der Waals surface area contributed by atoms with Crippen molar-refractivity contribution in [1.29, 1.82) is 0 Å². The summed E-state index contributed by atoms with van der Waals surface area (Å²) in [5.74, 6) is 1.36. The highest BCUT2D eigenvalue weighted by Gasteiger charge is 2.12. The molecule has 0 atom stereocenters. The van der Waals surface area contributed by atoms with E-state index in [2.05, 4.69) is 15.4 Å². The Morgan fingerprint density at radius 3 is 2.54 bits per heavy atom. The van der Waals surface area contributed by atoms with Gasteiger partial charge in [-0.15, -0.1) is 0 Å². The van der Waals surface area contributed by atoms with E-state index in [0.717, 1.165) is 5.56 Å². The van der Waals surface area contributed by atoms with Gasteiger partial charge in [0.25, 0.3) is 0 Å². The largest absolute Gasteiger partial charge is 0.486 e. The average molecular weight is 364 g/mol. The molecule has 0 fully saturated rings. The van der Waals surface area contributed by atoms with Crippen molar-refractivity contribution in [2.75, 3.05) is 25.1 Å². The Bertz CT molecular complexity index is 753. The van der Waals surface area contributed by atoms with Crippen LogP contribution in [0.15, 0.2) is 42.5 Å². The first-order chi connectivity index (χ1) is 12.6. The van der Waals surface area contributed by atoms with Gasteiger partial charge in [-0.2, -0.15) is 8.78 Å². The second-order valence-electron chi connectivity index (χ2n) is 5.51. The number of ether oxygens (including phenoxy) is 3. The number of carbonyl (C=O) groups is 1. The zero-order chi connectivity index (χ0) is 18.4. The van der Waals surface area contributed by atoms with Crippen LogP contribution in [-0.4, -0.2) is 32.4 Å². The molecule has 0 radical (unpaired) electrons. The predicted octanol–water partition coefficient (Wildman–Crippen LogP) is 3.42. The van der Waals surface area contributed by atoms with Gasteiger partial charge in [0.05, 0.1) is 0 Å². The van der Waals surface area contributed by atoms with E-state index < -0.39 is 6.61 Å². The number of rotatable bonds is 6. The number of halogens is 2. The second kappa shape index (κ2) is 8.37. The van der Waals surface area contributed by atoms with Crippen LogP contribution in [0.5, 0.6) is 17.2 Å². The summed E-state index contributed by atoms with van der Waals surface area (Å²) >= 11 is 0. The molecule has 3 rings (SSSR count). The van der Waals surface area contributed by atoms with E-state index in [0.29, 0.717) is 43.4 Å². The summed E-state index contributed by atoms with van der Waals surface area (Å²) in [5.41, 5.74) is 1.49. The first-order valence-electron chi connectivity index (χ1n) is 8.08. The van der Waals surface area contributed by atoms with Crippen molar-refractivity contribution in [3.63, 3.8) is 0 Å². The van der Waals surface area contributed by atoms with Crippen LogP contribution in [0.4, 0.5) is 19.3 Å². The molecule has 1 heterocycles. The Hall–Kier alpha value is -3.03. The van der Waals surface area contributed by atoms with E-state index in [-0.39, 0.29) is 11.8 Å². The van der Waals surface area contributed by atoms with Crippen molar-refractivity contribution in [3.8, 4) is 17.2 Å². The molecule has 1 aliphatic heterocycles. The van der Waals surface area contributed by atoms with E-state index in [4.69, 9.17) is 9.47 Å². The lowest BCUT2D eigenvalue weighted by molar-refractivity contribution is -0.0498. The quantitative estimate of drug-likeness (QED) is 0.824. The van der Waals surface area contributed by atoms with Gasteiger partial charge in [-0.3, -0.25) is 0 Å². The zero-order valence-corrected chi connectivity index (χ0v) is 13.8. The summed E-state index contributed by atoms with van der Waals surface area (Å²) in [6.07, 6.45) is 0.559. The highest BCUT2D eigenvalue weighted by molar-refractivity contribution is 5.89. The molecule has 0 saturated carbocycles. The first-order valence-corrected chi connectivity index (χ1v) is 8.08. The van der Waals surface area contributed by atoms with Crippen molar-refractivity contribution >= 4 is 11.7 Å². The third kappa shape index (κ3) is 4.98. The number of fused-ring (bicyclic) bond motifs is 1. The van der Waals surface area contributed by atoms with Crippen LogP contribution in [0, 0.1) is 0 Å². The summed E-state index contributed by atoms with van der Waals surface area (Å²) in [5, 5.41) is 5.45. The number of nitrogens with one attached hydrogen (secondary N) is 2. The molecule has 2 N–H and O–H groups in total. The maximum absolute atomic E-state index is 12.1. The Morgan fingerprint density at radius 2 is 1.81 bits per heavy atom. The van der Waals surface area contributed by atoms with E-state index in [9.17, 15) is 13.6 Å². The fourth-order valence-corrected chi connectivity index (χ4v) is 2.45. The van der Waals surface area contributed by atoms with Gasteiger partial charge in [0, 0.05) is 18.3 Å². The van der Waals surface area contributed by atoms with E-state index in [1.807, 2.05) is 0 Å². The van der Waals surface area contributed by atoms with Gasteiger partial charge in [-0.25, -0.2) is 4.79 Å². The molecule has 0 spiro atoms. The molecular weight excluding hydrogens is 346 g/mol. The Kier molecular flexibility index (Phi) is 5.73. The molecular formula is C18H18F2N2O4. The number of alkyl halides is 2. The van der Waals surface area contributed by atoms with Crippen LogP contribution in [-0.2, 0) is 6.42 Å². The molecule has 2 amide bonds. The van der Waals surface area contributed by atoms with Gasteiger partial charge >= 0.3 is 12.6 Å². The zero-order valence-electron chi connectivity index (χ0n) is 13.8. The van der Waals surface area contributed by atoms with E-state index >= 15 is 0 Å². The summed E-state index contributed by atoms with van der Waals surface area (Å²) < 4.78 is 39.4. The lowest BCUT2D eigenvalue weighted by Gasteiger charge is -2.19. The van der Waals surface area contributed by atoms with Crippen molar-refractivity contribution in [3.05, 3.63) is 48.0 Å². The van der Waals surface area contributed by atoms with Gasteiger partial charge in [0.2, 0.25) is 0 Å². The summed E-state index contributed by atoms with van der Waals surface area (Å²) in [7, 11) is 0. The Morgan fingerprint density at radius 1 is 1.08 bits per heavy atom. The van der Waals surface area contributed by atoms with Crippen LogP contribution >= 0.6 is 0 Å². The molecule has 0 aromatic heterocycles. The number of carbonyl (C=O) groups excluding carboxylic acids is 1. The topological polar surface area (TPSA) is 68.8 Å². The van der Waals surface area contributed by atoms with Crippen molar-refractivity contribution in [1.82, 2.24) is 5.32 Å². The summed E-state index contributed by atoms with van der Waals surface area (Å²) in [6, 6.07) is 11.1. The predicted molar refractivity (Wildman–Crippen MR) is 91.2 cm³/mol. The van der Waals surface area contributed by atoms with Gasteiger partial charge in [0.15, 0.2) is 11.5 Å². The molecule has 0 aliphatic carbocycles. The molecule has 26 heavy (non-hydrogen) atoms. The van der Waals surface area contributed by atoms with Crippen LogP contribution < -0.4 is 24.8 Å². The number of amides is 2. The standard InChI is InChI=1S/C18H18F2N2O4/c19-17(20)26-14-4-1-12(2-5-14)7-8-21-18(23)22-13-3-6-15-16(11-13)25-10-9-24-15/h1-6,11,17H,7-10H2,(H2,21,22,23). The monoisotopic (exact) mass is 364 g/mol. The SMILES string of the molecule is O=C(NCCc1ccc(OC(F)F)cc1)Nc1ccc2c(c1)OCCO2. The maximum Gasteiger partial charge on any atom is 0.387 e. The number of hydrogen-bond donors (Lipinski definition) is 2. The van der Waals surface area contributed by atoms with Crippen LogP contribution in [0.25, 0.3) is 0 Å². The molecule has 0 saturated heterocycles. The fourth-order valence-electron chi connectivity index (χ4n) is 2.45. The van der Waals surface area contributed by atoms with Crippen molar-refractivity contribution in [2.45, 2.75) is 13.0 Å². The smallest absolute Gasteiger partial charge is 0.387 e. The second-order valence-corrected chi connectivity index (χ2v) is 5.51. The molecule has 8 heteroatoms. The van der Waals surface area contributed by atoms with Crippen LogP contribution in [0.2, 0.25) is 0 Å². The van der Waals surface area contributed by atoms with Gasteiger partial charge in [-0.05, 0) is 36.2 Å². The van der Waals surface area contributed by atoms with Gasteiger partial charge in [0.1, 0.15) is 19.0 Å². The lowest BCUT2D eigenvalue weighted by Crippen LogP contribution is -2.30. The van der Waals surface area contributed by atoms with E-state index in [1.54, 1.807) is 30.3 Å². The van der Waals surface area contributed by atoms with Crippen molar-refractivity contribution in [2.24, 2.45) is 0 Å². The number of anilines is 1. The van der Waals surface area contributed by atoms with Gasteiger partial charge < -0.3 is 24.8 Å². The van der Waals surface area contributed by atoms with Gasteiger partial charge in [-0.1, -0.05) is 12.1 Å². The fraction of sp³-hybridized carbons (Fsp3) is 0.278. The highest BCUT2D eigenvalue weighted by atomic mass is 19.3. The van der Waals surface area contributed by atoms with Crippen LogP contribution in [0.1, 0.15) is 5.56 Å². The molecule has 138 valence electrons. The number of hydrogen-bond acceptors (Lipinski definition) is 4. The third-order valence-corrected chi connectivity index (χ3v) is 3.65. The lowest BCUT2D eigenvalue weighted by atomic mass is 10.1. The minimum atomic E-state index is -2.84. The molecule has 2 aromatic carbocycles. The Labute approximate surface area is 149 Å². The summed E-state index contributed by atoms with van der Waals surface area (Å²) in [6.45, 7) is -1.46. The van der Waals surface area contributed by atoms with Crippen molar-refractivity contribution < 1.29 is 27.8 Å². The Balaban J connectivity index is 1.44. The molecule has 0 unspecified atom stereocenters. The normalized spacial score (nSPS) is 12.6. The first kappa shape index (κ1) is 17.8. The minimum Gasteiger partial charge on any atom is -0.486 e.